The number of nitriles is 1. The molecule has 0 aliphatic rings. The monoisotopic (exact) mass is 268 g/mol. The SMILES string of the molecule is CC(C)CNCc1cn(Cc2ccc(C#N)cc2)cn1. The molecule has 0 saturated carbocycles. The summed E-state index contributed by atoms with van der Waals surface area (Å²) in [6, 6.07) is 9.78. The van der Waals surface area contributed by atoms with Gasteiger partial charge in [-0.15, -0.1) is 0 Å². The van der Waals surface area contributed by atoms with Crippen LogP contribution in [0.5, 0.6) is 0 Å². The van der Waals surface area contributed by atoms with Gasteiger partial charge in [0.15, 0.2) is 0 Å². The Hall–Kier alpha value is -2.12. The first kappa shape index (κ1) is 14.3. The summed E-state index contributed by atoms with van der Waals surface area (Å²) in [5.74, 6) is 0.649. The van der Waals surface area contributed by atoms with Crippen LogP contribution in [0.15, 0.2) is 36.8 Å². The highest BCUT2D eigenvalue weighted by atomic mass is 15.0. The van der Waals surface area contributed by atoms with Gasteiger partial charge in [-0.25, -0.2) is 4.98 Å². The van der Waals surface area contributed by atoms with Crippen molar-refractivity contribution in [1.29, 1.82) is 5.26 Å². The van der Waals surface area contributed by atoms with Crippen molar-refractivity contribution in [3.8, 4) is 6.07 Å². The first-order chi connectivity index (χ1) is 9.67. The molecule has 20 heavy (non-hydrogen) atoms. The van der Waals surface area contributed by atoms with E-state index in [4.69, 9.17) is 5.26 Å². The van der Waals surface area contributed by atoms with Gasteiger partial charge in [-0.3, -0.25) is 0 Å². The van der Waals surface area contributed by atoms with Gasteiger partial charge in [-0.05, 0) is 30.2 Å². The summed E-state index contributed by atoms with van der Waals surface area (Å²) >= 11 is 0. The fourth-order valence-corrected chi connectivity index (χ4v) is 1.97. The zero-order valence-corrected chi connectivity index (χ0v) is 12.0. The van der Waals surface area contributed by atoms with Crippen LogP contribution in [0.1, 0.15) is 30.7 Å². The summed E-state index contributed by atoms with van der Waals surface area (Å²) < 4.78 is 2.06. The fraction of sp³-hybridized carbons (Fsp3) is 0.375. The van der Waals surface area contributed by atoms with Gasteiger partial charge in [-0.2, -0.15) is 5.26 Å². The molecular formula is C16H20N4. The first-order valence-electron chi connectivity index (χ1n) is 6.88. The van der Waals surface area contributed by atoms with Crippen LogP contribution in [-0.4, -0.2) is 16.1 Å². The van der Waals surface area contributed by atoms with Crippen LogP contribution < -0.4 is 5.32 Å². The molecule has 0 spiro atoms. The summed E-state index contributed by atoms with van der Waals surface area (Å²) in [6.45, 7) is 6.97. The molecule has 0 fully saturated rings. The molecular weight excluding hydrogens is 248 g/mol. The molecule has 0 unspecified atom stereocenters. The average Bonchev–Trinajstić information content (AvgIpc) is 2.87. The smallest absolute Gasteiger partial charge is 0.0991 e. The lowest BCUT2D eigenvalue weighted by molar-refractivity contribution is 0.548. The molecule has 0 saturated heterocycles. The van der Waals surface area contributed by atoms with Gasteiger partial charge < -0.3 is 9.88 Å². The van der Waals surface area contributed by atoms with E-state index in [0.29, 0.717) is 11.5 Å². The number of imidazole rings is 1. The average molecular weight is 268 g/mol. The van der Waals surface area contributed by atoms with Crippen molar-refractivity contribution in [2.45, 2.75) is 26.9 Å². The van der Waals surface area contributed by atoms with Gasteiger partial charge in [-0.1, -0.05) is 26.0 Å². The van der Waals surface area contributed by atoms with E-state index in [0.717, 1.165) is 25.3 Å². The minimum atomic E-state index is 0.649. The molecule has 2 rings (SSSR count). The Morgan fingerprint density at radius 2 is 2.05 bits per heavy atom. The summed E-state index contributed by atoms with van der Waals surface area (Å²) in [5.41, 5.74) is 2.92. The Kier molecular flexibility index (Phi) is 4.91. The van der Waals surface area contributed by atoms with Crippen molar-refractivity contribution in [3.05, 3.63) is 53.6 Å². The number of hydrogen-bond acceptors (Lipinski definition) is 3. The Labute approximate surface area is 120 Å². The van der Waals surface area contributed by atoms with Crippen molar-refractivity contribution in [3.63, 3.8) is 0 Å². The summed E-state index contributed by atoms with van der Waals surface area (Å²) in [7, 11) is 0. The van der Waals surface area contributed by atoms with Gasteiger partial charge >= 0.3 is 0 Å². The van der Waals surface area contributed by atoms with Crippen LogP contribution in [0.2, 0.25) is 0 Å². The molecule has 104 valence electrons. The second kappa shape index (κ2) is 6.88. The lowest BCUT2D eigenvalue weighted by Crippen LogP contribution is -2.19. The molecule has 0 radical (unpaired) electrons. The molecule has 1 aromatic heterocycles. The third-order valence-electron chi connectivity index (χ3n) is 2.99. The van der Waals surface area contributed by atoms with E-state index in [9.17, 15) is 0 Å². The quantitative estimate of drug-likeness (QED) is 0.876. The Bertz CT molecular complexity index is 575. The van der Waals surface area contributed by atoms with E-state index < -0.39 is 0 Å². The van der Waals surface area contributed by atoms with Gasteiger partial charge in [0, 0.05) is 19.3 Å². The maximum absolute atomic E-state index is 8.77. The Balaban J connectivity index is 1.90. The third-order valence-corrected chi connectivity index (χ3v) is 2.99. The highest BCUT2D eigenvalue weighted by molar-refractivity contribution is 5.31. The van der Waals surface area contributed by atoms with E-state index in [1.54, 1.807) is 0 Å². The summed E-state index contributed by atoms with van der Waals surface area (Å²) in [6.07, 6.45) is 3.91. The molecule has 0 bridgehead atoms. The van der Waals surface area contributed by atoms with Crippen molar-refractivity contribution < 1.29 is 0 Å². The minimum Gasteiger partial charge on any atom is -0.333 e. The van der Waals surface area contributed by atoms with E-state index >= 15 is 0 Å². The lowest BCUT2D eigenvalue weighted by Gasteiger charge is -2.05. The number of nitrogens with zero attached hydrogens (tertiary/aromatic N) is 3. The van der Waals surface area contributed by atoms with Crippen LogP contribution in [-0.2, 0) is 13.1 Å². The largest absolute Gasteiger partial charge is 0.333 e. The van der Waals surface area contributed by atoms with Gasteiger partial charge in [0.25, 0.3) is 0 Å². The van der Waals surface area contributed by atoms with Gasteiger partial charge in [0.2, 0.25) is 0 Å². The van der Waals surface area contributed by atoms with Crippen LogP contribution in [0.4, 0.5) is 0 Å². The lowest BCUT2D eigenvalue weighted by atomic mass is 10.1. The maximum Gasteiger partial charge on any atom is 0.0991 e. The molecule has 1 heterocycles. The summed E-state index contributed by atoms with van der Waals surface area (Å²) in [5, 5.41) is 12.2. The highest BCUT2D eigenvalue weighted by Gasteiger charge is 2.01. The zero-order valence-electron chi connectivity index (χ0n) is 12.0. The van der Waals surface area contributed by atoms with Crippen molar-refractivity contribution in [1.82, 2.24) is 14.9 Å². The Morgan fingerprint density at radius 1 is 1.30 bits per heavy atom. The number of hydrogen-bond donors (Lipinski definition) is 1. The van der Waals surface area contributed by atoms with E-state index in [1.165, 1.54) is 5.56 Å². The fourth-order valence-electron chi connectivity index (χ4n) is 1.97. The molecule has 4 heteroatoms. The normalized spacial score (nSPS) is 10.7. The highest BCUT2D eigenvalue weighted by Crippen LogP contribution is 2.06. The predicted octanol–water partition coefficient (Wildman–Crippen LogP) is 2.55. The number of rotatable bonds is 6. The van der Waals surface area contributed by atoms with Gasteiger partial charge in [0.1, 0.15) is 0 Å². The number of aromatic nitrogens is 2. The molecule has 0 amide bonds. The molecule has 0 atom stereocenters. The Morgan fingerprint density at radius 3 is 2.70 bits per heavy atom. The molecule has 0 aliphatic heterocycles. The molecule has 1 aromatic carbocycles. The second-order valence-corrected chi connectivity index (χ2v) is 5.37. The molecule has 1 N–H and O–H groups in total. The number of nitrogens with one attached hydrogen (secondary N) is 1. The molecule has 0 aliphatic carbocycles. The van der Waals surface area contributed by atoms with E-state index in [1.807, 2.05) is 30.6 Å². The molecule has 2 aromatic rings. The second-order valence-electron chi connectivity index (χ2n) is 5.37. The van der Waals surface area contributed by atoms with Crippen molar-refractivity contribution in [2.75, 3.05) is 6.54 Å². The number of benzene rings is 1. The summed E-state index contributed by atoms with van der Waals surface area (Å²) in [4.78, 5) is 4.39. The van der Waals surface area contributed by atoms with Crippen LogP contribution >= 0.6 is 0 Å². The first-order valence-corrected chi connectivity index (χ1v) is 6.88. The zero-order chi connectivity index (χ0) is 14.4. The standard InChI is InChI=1S/C16H20N4/c1-13(2)8-18-9-16-11-20(12-19-16)10-15-5-3-14(7-17)4-6-15/h3-6,11-13,18H,8-10H2,1-2H3. The van der Waals surface area contributed by atoms with Crippen molar-refractivity contribution in [2.24, 2.45) is 5.92 Å². The topological polar surface area (TPSA) is 53.6 Å². The predicted molar refractivity (Wildman–Crippen MR) is 79.0 cm³/mol. The van der Waals surface area contributed by atoms with Crippen LogP contribution in [0.25, 0.3) is 0 Å². The maximum atomic E-state index is 8.77. The third kappa shape index (κ3) is 4.22. The van der Waals surface area contributed by atoms with E-state index in [-0.39, 0.29) is 0 Å². The minimum absolute atomic E-state index is 0.649. The van der Waals surface area contributed by atoms with Crippen LogP contribution in [0.3, 0.4) is 0 Å². The van der Waals surface area contributed by atoms with Crippen LogP contribution in [0, 0.1) is 17.2 Å². The molecule has 4 nitrogen and oxygen atoms in total. The van der Waals surface area contributed by atoms with Gasteiger partial charge in [0.05, 0.1) is 23.7 Å². The van der Waals surface area contributed by atoms with Crippen molar-refractivity contribution >= 4 is 0 Å². The van der Waals surface area contributed by atoms with E-state index in [2.05, 4.69) is 41.0 Å².